The van der Waals surface area contributed by atoms with Crippen molar-refractivity contribution < 1.29 is 18.9 Å². The molecule has 0 amide bonds. The van der Waals surface area contributed by atoms with Crippen molar-refractivity contribution in [3.05, 3.63) is 24.3 Å². The highest BCUT2D eigenvalue weighted by Gasteiger charge is 2.39. The molecule has 0 saturated carbocycles. The maximum atomic E-state index is 9.21. The number of furan rings is 1. The second-order valence-electron chi connectivity index (χ2n) is 6.55. The third-order valence-electron chi connectivity index (χ3n) is 3.97. The highest BCUT2D eigenvalue weighted by molar-refractivity contribution is 6.74. The molecule has 2 rings (SSSR count). The fourth-order valence-corrected chi connectivity index (χ4v) is 2.73. The van der Waals surface area contributed by atoms with Crippen molar-refractivity contribution in [2.45, 2.75) is 38.9 Å². The molecule has 0 saturated heterocycles. The van der Waals surface area contributed by atoms with Gasteiger partial charge in [0.15, 0.2) is 0 Å². The quantitative estimate of drug-likeness (QED) is 0.853. The summed E-state index contributed by atoms with van der Waals surface area (Å²) in [4.78, 5) is 0. The monoisotopic (exact) mass is 292 g/mol. The molecule has 1 aromatic carbocycles. The van der Waals surface area contributed by atoms with Gasteiger partial charge in [0.1, 0.15) is 17.0 Å². The SMILES string of the molecule is CC(C)(C)[Si](C)(C)Oc1cccc2oc(B(O)O)cc12. The first-order valence-electron chi connectivity index (χ1n) is 6.69. The second-order valence-corrected chi connectivity index (χ2v) is 11.3. The zero-order valence-electron chi connectivity index (χ0n) is 12.6. The number of hydrogen-bond donors (Lipinski definition) is 2. The molecule has 6 heteroatoms. The molecule has 20 heavy (non-hydrogen) atoms. The van der Waals surface area contributed by atoms with Crippen molar-refractivity contribution in [2.24, 2.45) is 0 Å². The molecular weight excluding hydrogens is 271 g/mol. The first kappa shape index (κ1) is 15.2. The Labute approximate surface area is 120 Å². The maximum absolute atomic E-state index is 9.21. The van der Waals surface area contributed by atoms with Crippen molar-refractivity contribution in [2.75, 3.05) is 0 Å². The van der Waals surface area contributed by atoms with Crippen LogP contribution in [0.15, 0.2) is 28.7 Å². The molecule has 0 aliphatic carbocycles. The molecule has 1 heterocycles. The van der Waals surface area contributed by atoms with E-state index in [0.29, 0.717) is 5.58 Å². The first-order chi connectivity index (χ1) is 9.12. The van der Waals surface area contributed by atoms with Gasteiger partial charge in [-0.1, -0.05) is 26.8 Å². The minimum Gasteiger partial charge on any atom is -0.543 e. The lowest BCUT2D eigenvalue weighted by molar-refractivity contribution is 0.412. The van der Waals surface area contributed by atoms with E-state index in [4.69, 9.17) is 8.84 Å². The van der Waals surface area contributed by atoms with Gasteiger partial charge in [-0.15, -0.1) is 0 Å². The molecule has 0 atom stereocenters. The van der Waals surface area contributed by atoms with Crippen LogP contribution in [0.3, 0.4) is 0 Å². The third kappa shape index (κ3) is 2.77. The largest absolute Gasteiger partial charge is 0.543 e. The molecule has 0 spiro atoms. The molecular formula is C14H21BO4Si. The highest BCUT2D eigenvalue weighted by Crippen LogP contribution is 2.39. The molecule has 1 aromatic heterocycles. The van der Waals surface area contributed by atoms with Gasteiger partial charge >= 0.3 is 7.12 Å². The fourth-order valence-electron chi connectivity index (χ4n) is 1.70. The topological polar surface area (TPSA) is 62.8 Å². The average Bonchev–Trinajstić information content (AvgIpc) is 2.72. The second kappa shape index (κ2) is 4.95. The summed E-state index contributed by atoms with van der Waals surface area (Å²) in [6, 6.07) is 7.16. The van der Waals surface area contributed by atoms with Gasteiger partial charge in [0.2, 0.25) is 0 Å². The molecule has 108 valence electrons. The Hall–Kier alpha value is -1.24. The van der Waals surface area contributed by atoms with Crippen molar-refractivity contribution in [3.8, 4) is 5.75 Å². The van der Waals surface area contributed by atoms with Crippen molar-refractivity contribution >= 4 is 32.1 Å². The summed E-state index contributed by atoms with van der Waals surface area (Å²) in [6.45, 7) is 10.9. The van der Waals surface area contributed by atoms with Crippen molar-refractivity contribution in [3.63, 3.8) is 0 Å². The predicted molar refractivity (Wildman–Crippen MR) is 83.9 cm³/mol. The molecule has 2 N–H and O–H groups in total. The third-order valence-corrected chi connectivity index (χ3v) is 8.31. The Balaban J connectivity index is 2.45. The molecule has 0 aliphatic rings. The van der Waals surface area contributed by atoms with Crippen molar-refractivity contribution in [1.82, 2.24) is 0 Å². The van der Waals surface area contributed by atoms with Crippen LogP contribution in [0.1, 0.15) is 20.8 Å². The summed E-state index contributed by atoms with van der Waals surface area (Å²) >= 11 is 0. The fraction of sp³-hybridized carbons (Fsp3) is 0.429. The van der Waals surface area contributed by atoms with Crippen LogP contribution in [-0.2, 0) is 0 Å². The Morgan fingerprint density at radius 3 is 2.40 bits per heavy atom. The highest BCUT2D eigenvalue weighted by atomic mass is 28.4. The molecule has 0 unspecified atom stereocenters. The number of benzene rings is 1. The number of fused-ring (bicyclic) bond motifs is 1. The van der Waals surface area contributed by atoms with Crippen LogP contribution in [0.2, 0.25) is 18.1 Å². The van der Waals surface area contributed by atoms with Gasteiger partial charge in [-0.05, 0) is 36.3 Å². The smallest absolute Gasteiger partial charge is 0.526 e. The molecule has 0 bridgehead atoms. The summed E-state index contributed by atoms with van der Waals surface area (Å²) in [5.74, 6) is 0.741. The van der Waals surface area contributed by atoms with Gasteiger partial charge in [-0.3, -0.25) is 0 Å². The zero-order valence-corrected chi connectivity index (χ0v) is 13.6. The summed E-state index contributed by atoms with van der Waals surface area (Å²) in [6.07, 6.45) is 0. The number of hydrogen-bond acceptors (Lipinski definition) is 4. The lowest BCUT2D eigenvalue weighted by Crippen LogP contribution is -2.43. The van der Waals surface area contributed by atoms with E-state index < -0.39 is 15.4 Å². The maximum Gasteiger partial charge on any atom is 0.526 e. The Morgan fingerprint density at radius 1 is 1.20 bits per heavy atom. The Morgan fingerprint density at radius 2 is 1.85 bits per heavy atom. The molecule has 2 aromatic rings. The minimum absolute atomic E-state index is 0.0955. The van der Waals surface area contributed by atoms with Gasteiger partial charge in [0, 0.05) is 0 Å². The summed E-state index contributed by atoms with van der Waals surface area (Å²) in [5.41, 5.74) is 0.732. The van der Waals surface area contributed by atoms with E-state index in [9.17, 15) is 10.0 Å². The lowest BCUT2D eigenvalue weighted by Gasteiger charge is -2.36. The van der Waals surface area contributed by atoms with Crippen LogP contribution < -0.4 is 10.1 Å². The molecule has 0 aliphatic heterocycles. The summed E-state index contributed by atoms with van der Waals surface area (Å²) in [5, 5.41) is 19.3. The number of rotatable bonds is 3. The van der Waals surface area contributed by atoms with E-state index in [-0.39, 0.29) is 10.7 Å². The van der Waals surface area contributed by atoms with E-state index in [0.717, 1.165) is 11.1 Å². The minimum atomic E-state index is -1.95. The van der Waals surface area contributed by atoms with Gasteiger partial charge in [-0.2, -0.15) is 0 Å². The van der Waals surface area contributed by atoms with Crippen LogP contribution >= 0.6 is 0 Å². The van der Waals surface area contributed by atoms with E-state index in [1.165, 1.54) is 0 Å². The Bertz CT molecular complexity index is 613. The molecule has 0 radical (unpaired) electrons. The van der Waals surface area contributed by atoms with Gasteiger partial charge in [0.05, 0.1) is 5.39 Å². The summed E-state index contributed by atoms with van der Waals surface area (Å²) < 4.78 is 11.7. The van der Waals surface area contributed by atoms with Crippen LogP contribution in [0, 0.1) is 0 Å². The van der Waals surface area contributed by atoms with Gasteiger partial charge in [-0.25, -0.2) is 0 Å². The lowest BCUT2D eigenvalue weighted by atomic mass is 9.88. The average molecular weight is 292 g/mol. The van der Waals surface area contributed by atoms with E-state index >= 15 is 0 Å². The zero-order chi connectivity index (χ0) is 15.1. The molecule has 0 fully saturated rings. The summed E-state index contributed by atoms with van der Waals surface area (Å²) in [7, 11) is -3.56. The normalized spacial score (nSPS) is 12.8. The van der Waals surface area contributed by atoms with Crippen LogP contribution in [0.4, 0.5) is 0 Å². The van der Waals surface area contributed by atoms with Gasteiger partial charge in [0.25, 0.3) is 8.32 Å². The van der Waals surface area contributed by atoms with Crippen LogP contribution in [0.25, 0.3) is 11.0 Å². The first-order valence-corrected chi connectivity index (χ1v) is 9.60. The van der Waals surface area contributed by atoms with Crippen LogP contribution in [0.5, 0.6) is 5.75 Å². The van der Waals surface area contributed by atoms with Crippen molar-refractivity contribution in [1.29, 1.82) is 0 Å². The van der Waals surface area contributed by atoms with Gasteiger partial charge < -0.3 is 18.9 Å². The standard InChI is InChI=1S/C14H21BO4Si/c1-14(2,3)20(4,5)19-12-8-6-7-11-10(12)9-13(18-11)15(16)17/h6-9,16-17H,1-5H3. The van der Waals surface area contributed by atoms with E-state index in [1.54, 1.807) is 12.1 Å². The van der Waals surface area contributed by atoms with Crippen LogP contribution in [-0.4, -0.2) is 25.5 Å². The van der Waals surface area contributed by atoms with E-state index in [2.05, 4.69) is 33.9 Å². The predicted octanol–water partition coefficient (Wildman–Crippen LogP) is 2.50. The van der Waals surface area contributed by atoms with E-state index in [1.807, 2.05) is 12.1 Å². The Kier molecular flexibility index (Phi) is 3.75. The molecule has 4 nitrogen and oxygen atoms in total.